The number of nitrogens with zero attached hydrogens (tertiary/aromatic N) is 1. The first-order valence-corrected chi connectivity index (χ1v) is 6.25. The van der Waals surface area contributed by atoms with Crippen LogP contribution in [-0.2, 0) is 10.9 Å². The standard InChI is InChI=1S/C13H18F3N3O2/c1-12(2,3)21-11(20)19-10(6-17)9-5-4-8(7-18-9)13(14,15)16/h4-5,7,10H,6,17H2,1-3H3,(H,19,20). The Balaban J connectivity index is 2.79. The number of rotatable bonds is 3. The van der Waals surface area contributed by atoms with Gasteiger partial charge in [-0.3, -0.25) is 4.98 Å². The summed E-state index contributed by atoms with van der Waals surface area (Å²) in [5.74, 6) is 0. The Kier molecular flexibility index (Phi) is 5.16. The van der Waals surface area contributed by atoms with E-state index in [1.807, 2.05) is 0 Å². The molecule has 0 fully saturated rings. The highest BCUT2D eigenvalue weighted by molar-refractivity contribution is 5.68. The number of hydrogen-bond donors (Lipinski definition) is 2. The average Bonchev–Trinajstić information content (AvgIpc) is 2.33. The van der Waals surface area contributed by atoms with Gasteiger partial charge in [-0.15, -0.1) is 0 Å². The molecule has 0 radical (unpaired) electrons. The third-order valence-corrected chi connectivity index (χ3v) is 2.40. The van der Waals surface area contributed by atoms with Gasteiger partial charge in [0.05, 0.1) is 17.3 Å². The summed E-state index contributed by atoms with van der Waals surface area (Å²) in [6.07, 6.45) is -4.46. The van der Waals surface area contributed by atoms with Crippen molar-refractivity contribution in [2.24, 2.45) is 5.73 Å². The van der Waals surface area contributed by atoms with Gasteiger partial charge in [0.15, 0.2) is 0 Å². The molecule has 1 heterocycles. The van der Waals surface area contributed by atoms with E-state index in [9.17, 15) is 18.0 Å². The summed E-state index contributed by atoms with van der Waals surface area (Å²) in [7, 11) is 0. The molecule has 0 aromatic carbocycles. The zero-order valence-electron chi connectivity index (χ0n) is 12.0. The number of nitrogens with two attached hydrogens (primary N) is 1. The molecule has 3 N–H and O–H groups in total. The Morgan fingerprint density at radius 3 is 2.38 bits per heavy atom. The van der Waals surface area contributed by atoms with Crippen LogP contribution >= 0.6 is 0 Å². The number of aromatic nitrogens is 1. The SMILES string of the molecule is CC(C)(C)OC(=O)NC(CN)c1ccc(C(F)(F)F)cn1. The number of alkyl halides is 3. The lowest BCUT2D eigenvalue weighted by molar-refractivity contribution is -0.137. The molecule has 1 amide bonds. The van der Waals surface area contributed by atoms with Gasteiger partial charge in [-0.25, -0.2) is 4.79 Å². The minimum absolute atomic E-state index is 0.0163. The molecule has 0 aliphatic heterocycles. The Hall–Kier alpha value is -1.83. The summed E-state index contributed by atoms with van der Waals surface area (Å²) < 4.78 is 42.4. The van der Waals surface area contributed by atoms with Crippen LogP contribution in [0.4, 0.5) is 18.0 Å². The number of carbonyl (C=O) groups is 1. The van der Waals surface area contributed by atoms with Crippen molar-refractivity contribution in [1.82, 2.24) is 10.3 Å². The number of pyridine rings is 1. The molecule has 0 bridgehead atoms. The van der Waals surface area contributed by atoms with Crippen molar-refractivity contribution in [3.8, 4) is 0 Å². The van der Waals surface area contributed by atoms with Crippen molar-refractivity contribution in [2.75, 3.05) is 6.54 Å². The molecule has 1 aromatic rings. The summed E-state index contributed by atoms with van der Waals surface area (Å²) in [4.78, 5) is 15.3. The van der Waals surface area contributed by atoms with Crippen molar-refractivity contribution in [3.05, 3.63) is 29.6 Å². The van der Waals surface area contributed by atoms with Gasteiger partial charge in [-0.2, -0.15) is 13.2 Å². The van der Waals surface area contributed by atoms with Crippen LogP contribution in [0.25, 0.3) is 0 Å². The predicted molar refractivity (Wildman–Crippen MR) is 70.4 cm³/mol. The first-order valence-electron chi connectivity index (χ1n) is 6.25. The van der Waals surface area contributed by atoms with Gasteiger partial charge < -0.3 is 15.8 Å². The van der Waals surface area contributed by atoms with Crippen LogP contribution in [0.15, 0.2) is 18.3 Å². The highest BCUT2D eigenvalue weighted by Gasteiger charge is 2.31. The molecule has 5 nitrogen and oxygen atoms in total. The van der Waals surface area contributed by atoms with E-state index >= 15 is 0 Å². The van der Waals surface area contributed by atoms with Gasteiger partial charge >= 0.3 is 12.3 Å². The Morgan fingerprint density at radius 1 is 1.38 bits per heavy atom. The van der Waals surface area contributed by atoms with Gasteiger partial charge in [-0.05, 0) is 32.9 Å². The molecule has 118 valence electrons. The summed E-state index contributed by atoms with van der Waals surface area (Å²) in [6, 6.07) is 1.35. The normalized spacial score (nSPS) is 13.7. The highest BCUT2D eigenvalue weighted by Crippen LogP contribution is 2.28. The smallest absolute Gasteiger partial charge is 0.417 e. The number of nitrogens with one attached hydrogen (secondary N) is 1. The number of halogens is 3. The van der Waals surface area contributed by atoms with Gasteiger partial charge in [-0.1, -0.05) is 0 Å². The largest absolute Gasteiger partial charge is 0.444 e. The maximum atomic E-state index is 12.4. The molecule has 0 spiro atoms. The lowest BCUT2D eigenvalue weighted by Gasteiger charge is -2.23. The lowest BCUT2D eigenvalue weighted by Crippen LogP contribution is -2.38. The van der Waals surface area contributed by atoms with Gasteiger partial charge in [0.25, 0.3) is 0 Å². The highest BCUT2D eigenvalue weighted by atomic mass is 19.4. The molecule has 0 saturated heterocycles. The van der Waals surface area contributed by atoms with Crippen LogP contribution < -0.4 is 11.1 Å². The van der Waals surface area contributed by atoms with Crippen molar-refractivity contribution >= 4 is 6.09 Å². The van der Waals surface area contributed by atoms with E-state index < -0.39 is 29.5 Å². The Labute approximate surface area is 120 Å². The third-order valence-electron chi connectivity index (χ3n) is 2.40. The molecule has 21 heavy (non-hydrogen) atoms. The van der Waals surface area contributed by atoms with E-state index in [1.165, 1.54) is 6.07 Å². The molecular weight excluding hydrogens is 287 g/mol. The number of amides is 1. The summed E-state index contributed by atoms with van der Waals surface area (Å²) in [6.45, 7) is 5.07. The Morgan fingerprint density at radius 2 is 2.00 bits per heavy atom. The summed E-state index contributed by atoms with van der Waals surface area (Å²) in [5, 5.41) is 2.47. The van der Waals surface area contributed by atoms with E-state index in [-0.39, 0.29) is 12.2 Å². The fourth-order valence-corrected chi connectivity index (χ4v) is 1.48. The van der Waals surface area contributed by atoms with Crippen molar-refractivity contribution in [2.45, 2.75) is 38.6 Å². The van der Waals surface area contributed by atoms with Crippen LogP contribution in [0.1, 0.15) is 38.1 Å². The fourth-order valence-electron chi connectivity index (χ4n) is 1.48. The van der Waals surface area contributed by atoms with Crippen LogP contribution in [-0.4, -0.2) is 23.2 Å². The van der Waals surface area contributed by atoms with E-state index in [0.29, 0.717) is 6.20 Å². The number of carbonyl (C=O) groups excluding carboxylic acids is 1. The molecule has 1 atom stereocenters. The van der Waals surface area contributed by atoms with E-state index in [2.05, 4.69) is 10.3 Å². The summed E-state index contributed by atoms with van der Waals surface area (Å²) >= 11 is 0. The minimum atomic E-state index is -4.46. The molecule has 0 aliphatic rings. The lowest BCUT2D eigenvalue weighted by atomic mass is 10.1. The minimum Gasteiger partial charge on any atom is -0.444 e. The molecule has 1 rings (SSSR count). The van der Waals surface area contributed by atoms with Crippen molar-refractivity contribution in [3.63, 3.8) is 0 Å². The second-order valence-corrected chi connectivity index (χ2v) is 5.40. The zero-order chi connectivity index (χ0) is 16.3. The average molecular weight is 305 g/mol. The maximum absolute atomic E-state index is 12.4. The second kappa shape index (κ2) is 6.30. The van der Waals surface area contributed by atoms with Crippen molar-refractivity contribution in [1.29, 1.82) is 0 Å². The molecule has 1 unspecified atom stereocenters. The molecular formula is C13H18F3N3O2. The molecule has 8 heteroatoms. The second-order valence-electron chi connectivity index (χ2n) is 5.40. The van der Waals surface area contributed by atoms with Crippen LogP contribution in [0.5, 0.6) is 0 Å². The molecule has 0 saturated carbocycles. The zero-order valence-corrected chi connectivity index (χ0v) is 12.0. The van der Waals surface area contributed by atoms with Gasteiger partial charge in [0.2, 0.25) is 0 Å². The van der Waals surface area contributed by atoms with Gasteiger partial charge in [0.1, 0.15) is 5.60 Å². The van der Waals surface area contributed by atoms with Crippen LogP contribution in [0.2, 0.25) is 0 Å². The topological polar surface area (TPSA) is 77.2 Å². The predicted octanol–water partition coefficient (Wildman–Crippen LogP) is 2.62. The van der Waals surface area contributed by atoms with Crippen LogP contribution in [0.3, 0.4) is 0 Å². The summed E-state index contributed by atoms with van der Waals surface area (Å²) in [5.41, 5.74) is 4.20. The first-order chi connectivity index (χ1) is 9.53. The maximum Gasteiger partial charge on any atom is 0.417 e. The number of alkyl carbamates (subject to hydrolysis) is 1. The quantitative estimate of drug-likeness (QED) is 0.900. The molecule has 0 aliphatic carbocycles. The third kappa shape index (κ3) is 5.58. The van der Waals surface area contributed by atoms with Gasteiger partial charge in [0, 0.05) is 12.7 Å². The monoisotopic (exact) mass is 305 g/mol. The Bertz CT molecular complexity index is 481. The van der Waals surface area contributed by atoms with E-state index in [0.717, 1.165) is 6.07 Å². The number of hydrogen-bond acceptors (Lipinski definition) is 4. The first kappa shape index (κ1) is 17.2. The van der Waals surface area contributed by atoms with E-state index in [4.69, 9.17) is 10.5 Å². The molecule has 1 aromatic heterocycles. The van der Waals surface area contributed by atoms with Crippen LogP contribution in [0, 0.1) is 0 Å². The van der Waals surface area contributed by atoms with Crippen molar-refractivity contribution < 1.29 is 22.7 Å². The fraction of sp³-hybridized carbons (Fsp3) is 0.538. The van der Waals surface area contributed by atoms with E-state index in [1.54, 1.807) is 20.8 Å². The number of ether oxygens (including phenoxy) is 1.